The molecule has 0 aliphatic heterocycles. The Morgan fingerprint density at radius 3 is 2.29 bits per heavy atom. The Labute approximate surface area is 145 Å². The molecule has 0 saturated heterocycles. The van der Waals surface area contributed by atoms with Gasteiger partial charge in [-0.2, -0.15) is 0 Å². The van der Waals surface area contributed by atoms with Gasteiger partial charge in [0.05, 0.1) is 5.56 Å². The number of aryl methyl sites for hydroxylation is 2. The summed E-state index contributed by atoms with van der Waals surface area (Å²) in [5.74, 6) is -0.175. The second-order valence-electron chi connectivity index (χ2n) is 6.25. The highest BCUT2D eigenvalue weighted by Gasteiger charge is 2.17. The predicted octanol–water partition coefficient (Wildman–Crippen LogP) is 5.60. The number of hydrogen-bond acceptors (Lipinski definition) is 2. The Morgan fingerprint density at radius 2 is 1.58 bits per heavy atom. The molecule has 24 heavy (non-hydrogen) atoms. The van der Waals surface area contributed by atoms with E-state index < -0.39 is 0 Å². The molecule has 0 aromatic heterocycles. The number of ether oxygens (including phenoxy) is 1. The predicted molar refractivity (Wildman–Crippen MR) is 99.3 cm³/mol. The summed E-state index contributed by atoms with van der Waals surface area (Å²) in [7, 11) is 0. The average Bonchev–Trinajstić information content (AvgIpc) is 2.61. The summed E-state index contributed by atoms with van der Waals surface area (Å²) in [5, 5.41) is 0. The van der Waals surface area contributed by atoms with Gasteiger partial charge >= 0.3 is 5.97 Å². The Kier molecular flexibility index (Phi) is 7.54. The fraction of sp³-hybridized carbons (Fsp3) is 0.409. The molecule has 0 fully saturated rings. The molecule has 0 aliphatic rings. The molecule has 2 rings (SSSR count). The Morgan fingerprint density at radius 1 is 0.875 bits per heavy atom. The molecule has 0 bridgehead atoms. The topological polar surface area (TPSA) is 26.3 Å². The molecule has 0 amide bonds. The molecule has 0 N–H and O–H groups in total. The smallest absolute Gasteiger partial charge is 0.338 e. The van der Waals surface area contributed by atoms with Crippen molar-refractivity contribution in [1.29, 1.82) is 0 Å². The number of benzene rings is 2. The number of rotatable bonds is 9. The van der Waals surface area contributed by atoms with E-state index in [9.17, 15) is 4.79 Å². The summed E-state index contributed by atoms with van der Waals surface area (Å²) in [5.41, 5.74) is 3.10. The minimum Gasteiger partial charge on any atom is -0.459 e. The first kappa shape index (κ1) is 18.3. The monoisotopic (exact) mass is 324 g/mol. The number of hydrogen-bond donors (Lipinski definition) is 0. The van der Waals surface area contributed by atoms with Crippen molar-refractivity contribution in [2.75, 3.05) is 0 Å². The zero-order valence-electron chi connectivity index (χ0n) is 14.8. The molecular weight excluding hydrogens is 296 g/mol. The van der Waals surface area contributed by atoms with Crippen molar-refractivity contribution in [3.8, 4) is 0 Å². The van der Waals surface area contributed by atoms with Crippen molar-refractivity contribution in [2.24, 2.45) is 0 Å². The maximum Gasteiger partial charge on any atom is 0.338 e. The molecule has 1 atom stereocenters. The van der Waals surface area contributed by atoms with Gasteiger partial charge in [-0.15, -0.1) is 0 Å². The van der Waals surface area contributed by atoms with Gasteiger partial charge in [0, 0.05) is 0 Å². The van der Waals surface area contributed by atoms with Gasteiger partial charge in [-0.3, -0.25) is 0 Å². The van der Waals surface area contributed by atoms with Crippen molar-refractivity contribution < 1.29 is 9.53 Å². The van der Waals surface area contributed by atoms with Crippen LogP contribution in [0.15, 0.2) is 54.6 Å². The van der Waals surface area contributed by atoms with Crippen LogP contribution in [-0.4, -0.2) is 12.1 Å². The van der Waals surface area contributed by atoms with Gasteiger partial charge in [-0.1, -0.05) is 75.2 Å². The van der Waals surface area contributed by atoms with Crippen LogP contribution < -0.4 is 0 Å². The fourth-order valence-electron chi connectivity index (χ4n) is 2.98. The molecule has 1 unspecified atom stereocenters. The third kappa shape index (κ3) is 5.52. The molecule has 2 heteroatoms. The lowest BCUT2D eigenvalue weighted by atomic mass is 10.0. The number of carbonyl (C=O) groups excluding carboxylic acids is 1. The molecule has 128 valence electrons. The van der Waals surface area contributed by atoms with Gasteiger partial charge in [-0.05, 0) is 42.9 Å². The Hall–Kier alpha value is -2.09. The van der Waals surface area contributed by atoms with Crippen LogP contribution in [-0.2, 0) is 17.6 Å². The van der Waals surface area contributed by atoms with Crippen molar-refractivity contribution >= 4 is 5.97 Å². The van der Waals surface area contributed by atoms with E-state index in [1.165, 1.54) is 5.56 Å². The molecule has 2 aromatic carbocycles. The standard InChI is InChI=1S/C22H28O2/c1-3-10-19-14-8-9-15-21(19)22(23)24-20(11-4-2)17-16-18-12-6-5-7-13-18/h5-9,12-15,20H,3-4,10-11,16-17H2,1-2H3. The first-order valence-electron chi connectivity index (χ1n) is 9.07. The van der Waals surface area contributed by atoms with E-state index in [-0.39, 0.29) is 12.1 Å². The average molecular weight is 324 g/mol. The zero-order chi connectivity index (χ0) is 17.2. The molecule has 2 nitrogen and oxygen atoms in total. The van der Waals surface area contributed by atoms with Crippen LogP contribution in [0, 0.1) is 0 Å². The highest BCUT2D eigenvalue weighted by atomic mass is 16.5. The SMILES string of the molecule is CCCc1ccccc1C(=O)OC(CCC)CCc1ccccc1. The normalized spacial score (nSPS) is 11.9. The third-order valence-electron chi connectivity index (χ3n) is 4.24. The molecule has 0 radical (unpaired) electrons. The van der Waals surface area contributed by atoms with Gasteiger partial charge in [0.15, 0.2) is 0 Å². The lowest BCUT2D eigenvalue weighted by Crippen LogP contribution is -2.20. The summed E-state index contributed by atoms with van der Waals surface area (Å²) in [6, 6.07) is 18.2. The highest BCUT2D eigenvalue weighted by molar-refractivity contribution is 5.91. The maximum atomic E-state index is 12.6. The van der Waals surface area contributed by atoms with Gasteiger partial charge in [0.2, 0.25) is 0 Å². The number of carbonyl (C=O) groups is 1. The summed E-state index contributed by atoms with van der Waals surface area (Å²) in [4.78, 5) is 12.6. The van der Waals surface area contributed by atoms with E-state index >= 15 is 0 Å². The summed E-state index contributed by atoms with van der Waals surface area (Å²) >= 11 is 0. The second kappa shape index (κ2) is 9.92. The van der Waals surface area contributed by atoms with E-state index in [1.807, 2.05) is 30.3 Å². The zero-order valence-corrected chi connectivity index (χ0v) is 14.8. The summed E-state index contributed by atoms with van der Waals surface area (Å²) in [6.07, 6.45) is 5.66. The van der Waals surface area contributed by atoms with Gasteiger partial charge in [0.25, 0.3) is 0 Å². The lowest BCUT2D eigenvalue weighted by molar-refractivity contribution is 0.0259. The summed E-state index contributed by atoms with van der Waals surface area (Å²) < 4.78 is 5.85. The van der Waals surface area contributed by atoms with E-state index in [1.54, 1.807) is 0 Å². The molecular formula is C22H28O2. The van der Waals surface area contributed by atoms with Crippen molar-refractivity contribution in [2.45, 2.75) is 58.5 Å². The molecule has 0 heterocycles. The first-order chi connectivity index (χ1) is 11.7. The lowest BCUT2D eigenvalue weighted by Gasteiger charge is -2.18. The minimum absolute atomic E-state index is 0.0163. The molecule has 0 saturated carbocycles. The van der Waals surface area contributed by atoms with Crippen LogP contribution in [0.1, 0.15) is 61.0 Å². The molecule has 0 aliphatic carbocycles. The van der Waals surface area contributed by atoms with Crippen molar-refractivity contribution in [1.82, 2.24) is 0 Å². The van der Waals surface area contributed by atoms with Crippen molar-refractivity contribution in [3.05, 3.63) is 71.3 Å². The minimum atomic E-state index is -0.175. The van der Waals surface area contributed by atoms with Crippen LogP contribution >= 0.6 is 0 Å². The highest BCUT2D eigenvalue weighted by Crippen LogP contribution is 2.17. The van der Waals surface area contributed by atoms with Crippen LogP contribution in [0.2, 0.25) is 0 Å². The van der Waals surface area contributed by atoms with Gasteiger partial charge < -0.3 is 4.74 Å². The number of esters is 1. The van der Waals surface area contributed by atoms with Gasteiger partial charge in [-0.25, -0.2) is 4.79 Å². The fourth-order valence-corrected chi connectivity index (χ4v) is 2.98. The van der Waals surface area contributed by atoms with Gasteiger partial charge in [0.1, 0.15) is 6.10 Å². The Balaban J connectivity index is 2.00. The van der Waals surface area contributed by atoms with Crippen LogP contribution in [0.4, 0.5) is 0 Å². The van der Waals surface area contributed by atoms with E-state index in [2.05, 4.69) is 38.1 Å². The largest absolute Gasteiger partial charge is 0.459 e. The van der Waals surface area contributed by atoms with Crippen LogP contribution in [0.3, 0.4) is 0 Å². The van der Waals surface area contributed by atoms with Crippen molar-refractivity contribution in [3.63, 3.8) is 0 Å². The summed E-state index contributed by atoms with van der Waals surface area (Å²) in [6.45, 7) is 4.26. The molecule has 2 aromatic rings. The van der Waals surface area contributed by atoms with E-state index in [0.717, 1.165) is 49.7 Å². The maximum absolute atomic E-state index is 12.6. The second-order valence-corrected chi connectivity index (χ2v) is 6.25. The third-order valence-corrected chi connectivity index (χ3v) is 4.24. The van der Waals surface area contributed by atoms with Crippen LogP contribution in [0.25, 0.3) is 0 Å². The van der Waals surface area contributed by atoms with E-state index in [0.29, 0.717) is 0 Å². The first-order valence-corrected chi connectivity index (χ1v) is 9.07. The molecule has 0 spiro atoms. The Bertz CT molecular complexity index is 619. The van der Waals surface area contributed by atoms with E-state index in [4.69, 9.17) is 4.74 Å². The quantitative estimate of drug-likeness (QED) is 0.561. The van der Waals surface area contributed by atoms with Crippen LogP contribution in [0.5, 0.6) is 0 Å².